The van der Waals surface area contributed by atoms with Crippen molar-refractivity contribution in [2.45, 2.75) is 19.9 Å². The van der Waals surface area contributed by atoms with Crippen molar-refractivity contribution in [3.8, 4) is 11.5 Å². The number of nitrogens with zero attached hydrogens (tertiary/aromatic N) is 4. The number of benzene rings is 1. The first-order valence-corrected chi connectivity index (χ1v) is 10.8. The van der Waals surface area contributed by atoms with Crippen LogP contribution in [-0.4, -0.2) is 65.5 Å². The van der Waals surface area contributed by atoms with E-state index in [0.717, 1.165) is 37.7 Å². The molecule has 2 aliphatic rings. The molecule has 0 amide bonds. The SMILES string of the molecule is C=CCNC(=S)N1CCN(c2nc3cc4c(cc3c(=O)n2CCC)OCCO4)CC1. The van der Waals surface area contributed by atoms with Gasteiger partial charge in [-0.2, -0.15) is 0 Å². The lowest BCUT2D eigenvalue weighted by molar-refractivity contribution is 0.172. The summed E-state index contributed by atoms with van der Waals surface area (Å²) < 4.78 is 13.1. The van der Waals surface area contributed by atoms with Gasteiger partial charge in [-0.3, -0.25) is 9.36 Å². The Morgan fingerprint density at radius 1 is 1.23 bits per heavy atom. The zero-order chi connectivity index (χ0) is 21.1. The smallest absolute Gasteiger partial charge is 0.262 e. The van der Waals surface area contributed by atoms with Gasteiger partial charge in [-0.15, -0.1) is 6.58 Å². The molecule has 8 nitrogen and oxygen atoms in total. The second-order valence-electron chi connectivity index (χ2n) is 7.33. The highest BCUT2D eigenvalue weighted by molar-refractivity contribution is 7.80. The van der Waals surface area contributed by atoms with Crippen LogP contribution in [0.4, 0.5) is 5.95 Å². The fourth-order valence-electron chi connectivity index (χ4n) is 3.79. The Morgan fingerprint density at radius 3 is 2.60 bits per heavy atom. The number of piperazine rings is 1. The van der Waals surface area contributed by atoms with Gasteiger partial charge in [-0.25, -0.2) is 4.98 Å². The van der Waals surface area contributed by atoms with Crippen LogP contribution in [0.15, 0.2) is 29.6 Å². The molecule has 1 aromatic heterocycles. The summed E-state index contributed by atoms with van der Waals surface area (Å²) in [5.74, 6) is 1.96. The number of aromatic nitrogens is 2. The molecular formula is C21H27N5O3S. The molecule has 4 rings (SSSR count). The summed E-state index contributed by atoms with van der Waals surface area (Å²) in [5.41, 5.74) is 0.594. The highest BCUT2D eigenvalue weighted by Crippen LogP contribution is 2.33. The van der Waals surface area contributed by atoms with Crippen molar-refractivity contribution in [2.24, 2.45) is 0 Å². The van der Waals surface area contributed by atoms with E-state index in [4.69, 9.17) is 26.7 Å². The minimum Gasteiger partial charge on any atom is -0.486 e. The van der Waals surface area contributed by atoms with Gasteiger partial charge in [0.1, 0.15) is 13.2 Å². The van der Waals surface area contributed by atoms with Crippen LogP contribution in [0.25, 0.3) is 10.9 Å². The summed E-state index contributed by atoms with van der Waals surface area (Å²) in [6, 6.07) is 3.58. The summed E-state index contributed by atoms with van der Waals surface area (Å²) in [4.78, 5) is 22.5. The quantitative estimate of drug-likeness (QED) is 0.570. The maximum absolute atomic E-state index is 13.3. The fourth-order valence-corrected chi connectivity index (χ4v) is 4.06. The van der Waals surface area contributed by atoms with E-state index in [0.29, 0.717) is 54.7 Å². The van der Waals surface area contributed by atoms with Crippen molar-refractivity contribution in [3.05, 3.63) is 35.1 Å². The predicted octanol–water partition coefficient (Wildman–Crippen LogP) is 1.76. The lowest BCUT2D eigenvalue weighted by atomic mass is 10.2. The Bertz CT molecular complexity index is 1010. The number of rotatable bonds is 5. The van der Waals surface area contributed by atoms with Crippen LogP contribution >= 0.6 is 12.2 Å². The van der Waals surface area contributed by atoms with Crippen molar-refractivity contribution in [1.82, 2.24) is 19.8 Å². The number of hydrogen-bond acceptors (Lipinski definition) is 6. The Kier molecular flexibility index (Phi) is 6.08. The molecule has 1 N–H and O–H groups in total. The highest BCUT2D eigenvalue weighted by Gasteiger charge is 2.24. The molecule has 0 unspecified atom stereocenters. The van der Waals surface area contributed by atoms with E-state index in [1.54, 1.807) is 16.7 Å². The molecule has 0 bridgehead atoms. The molecule has 0 atom stereocenters. The molecule has 0 spiro atoms. The predicted molar refractivity (Wildman–Crippen MR) is 122 cm³/mol. The number of ether oxygens (including phenoxy) is 2. The Morgan fingerprint density at radius 2 is 1.93 bits per heavy atom. The summed E-state index contributed by atoms with van der Waals surface area (Å²) in [7, 11) is 0. The third-order valence-corrected chi connectivity index (χ3v) is 5.70. The van der Waals surface area contributed by atoms with Gasteiger partial charge in [0.15, 0.2) is 16.6 Å². The maximum atomic E-state index is 13.3. The normalized spacial score (nSPS) is 15.9. The molecule has 0 radical (unpaired) electrons. The van der Waals surface area contributed by atoms with E-state index in [1.807, 2.05) is 6.07 Å². The van der Waals surface area contributed by atoms with Crippen LogP contribution < -0.4 is 25.2 Å². The summed E-state index contributed by atoms with van der Waals surface area (Å²) in [6.45, 7) is 11.0. The standard InChI is InChI=1S/C21H27N5O3S/c1-3-5-22-21(30)25-9-7-24(8-10-25)20-23-16-14-18-17(28-11-12-29-18)13-15(16)19(27)26(20)6-4-2/h3,13-14H,1,4-12H2,2H3,(H,22,30). The van der Waals surface area contributed by atoms with Crippen LogP contribution in [-0.2, 0) is 6.54 Å². The third-order valence-electron chi connectivity index (χ3n) is 5.29. The van der Waals surface area contributed by atoms with Gasteiger partial charge < -0.3 is 24.6 Å². The van der Waals surface area contributed by atoms with E-state index >= 15 is 0 Å². The average molecular weight is 430 g/mol. The fraction of sp³-hybridized carbons (Fsp3) is 0.476. The topological polar surface area (TPSA) is 71.9 Å². The molecule has 0 saturated carbocycles. The second kappa shape index (κ2) is 8.91. The van der Waals surface area contributed by atoms with Crippen molar-refractivity contribution < 1.29 is 9.47 Å². The van der Waals surface area contributed by atoms with Crippen LogP contribution in [0.3, 0.4) is 0 Å². The van der Waals surface area contributed by atoms with Crippen LogP contribution in [0.5, 0.6) is 11.5 Å². The Balaban J connectivity index is 1.65. The Hall–Kier alpha value is -2.81. The van der Waals surface area contributed by atoms with E-state index in [-0.39, 0.29) is 5.56 Å². The van der Waals surface area contributed by atoms with Crippen molar-refractivity contribution in [3.63, 3.8) is 0 Å². The van der Waals surface area contributed by atoms with Crippen LogP contribution in [0, 0.1) is 0 Å². The zero-order valence-corrected chi connectivity index (χ0v) is 18.0. The summed E-state index contributed by atoms with van der Waals surface area (Å²) in [6.07, 6.45) is 2.64. The molecule has 2 aliphatic heterocycles. The van der Waals surface area contributed by atoms with E-state index in [1.165, 1.54) is 0 Å². The van der Waals surface area contributed by atoms with Gasteiger partial charge in [-0.05, 0) is 24.7 Å². The molecule has 9 heteroatoms. The lowest BCUT2D eigenvalue weighted by Gasteiger charge is -2.37. The average Bonchev–Trinajstić information content (AvgIpc) is 2.78. The monoisotopic (exact) mass is 429 g/mol. The van der Waals surface area contributed by atoms with Gasteiger partial charge in [0.2, 0.25) is 5.95 Å². The summed E-state index contributed by atoms with van der Waals surface area (Å²) in [5, 5.41) is 4.47. The Labute approximate surface area is 181 Å². The molecule has 2 aromatic rings. The van der Waals surface area contributed by atoms with Crippen LogP contribution in [0.1, 0.15) is 13.3 Å². The lowest BCUT2D eigenvalue weighted by Crippen LogP contribution is -2.52. The molecule has 0 aliphatic carbocycles. The van der Waals surface area contributed by atoms with Crippen molar-refractivity contribution in [1.29, 1.82) is 0 Å². The first kappa shape index (κ1) is 20.5. The molecule has 160 valence electrons. The largest absolute Gasteiger partial charge is 0.486 e. The summed E-state index contributed by atoms with van der Waals surface area (Å²) >= 11 is 5.45. The second-order valence-corrected chi connectivity index (χ2v) is 7.72. The van der Waals surface area contributed by atoms with Gasteiger partial charge in [0.05, 0.1) is 10.9 Å². The van der Waals surface area contributed by atoms with Crippen LogP contribution in [0.2, 0.25) is 0 Å². The van der Waals surface area contributed by atoms with Gasteiger partial charge in [0, 0.05) is 45.3 Å². The first-order valence-electron chi connectivity index (χ1n) is 10.3. The maximum Gasteiger partial charge on any atom is 0.262 e. The molecule has 30 heavy (non-hydrogen) atoms. The van der Waals surface area contributed by atoms with E-state index in [9.17, 15) is 4.79 Å². The number of hydrogen-bond donors (Lipinski definition) is 1. The van der Waals surface area contributed by atoms with Crippen molar-refractivity contribution >= 4 is 34.2 Å². The first-order chi connectivity index (χ1) is 14.6. The molecule has 3 heterocycles. The van der Waals surface area contributed by atoms with E-state index < -0.39 is 0 Å². The third kappa shape index (κ3) is 3.94. The van der Waals surface area contributed by atoms with Crippen molar-refractivity contribution in [2.75, 3.05) is 50.8 Å². The van der Waals surface area contributed by atoms with Gasteiger partial charge >= 0.3 is 0 Å². The molecule has 1 aromatic carbocycles. The highest BCUT2D eigenvalue weighted by atomic mass is 32.1. The molecule has 1 saturated heterocycles. The number of anilines is 1. The molecular weight excluding hydrogens is 402 g/mol. The van der Waals surface area contributed by atoms with Gasteiger partial charge in [0.25, 0.3) is 5.56 Å². The zero-order valence-electron chi connectivity index (χ0n) is 17.2. The minimum absolute atomic E-state index is 0.0422. The minimum atomic E-state index is -0.0422. The van der Waals surface area contributed by atoms with E-state index in [2.05, 4.69) is 28.6 Å². The number of thiocarbonyl (C=S) groups is 1. The molecule has 1 fully saturated rings. The van der Waals surface area contributed by atoms with Gasteiger partial charge in [-0.1, -0.05) is 13.0 Å². The number of fused-ring (bicyclic) bond motifs is 2. The number of nitrogens with one attached hydrogen (secondary N) is 1.